The molecule has 1 aliphatic heterocycles. The lowest BCUT2D eigenvalue weighted by molar-refractivity contribution is -0.135. The Morgan fingerprint density at radius 3 is 2.47 bits per heavy atom. The third-order valence-corrected chi connectivity index (χ3v) is 6.33. The molecule has 8 nitrogen and oxygen atoms in total. The summed E-state index contributed by atoms with van der Waals surface area (Å²) in [6, 6.07) is 4.00. The Kier molecular flexibility index (Phi) is 8.88. The van der Waals surface area contributed by atoms with Gasteiger partial charge in [0.15, 0.2) is 17.5 Å². The minimum absolute atomic E-state index is 0.202. The van der Waals surface area contributed by atoms with Gasteiger partial charge in [-0.3, -0.25) is 4.79 Å². The lowest BCUT2D eigenvalue weighted by Gasteiger charge is -2.26. The lowest BCUT2D eigenvalue weighted by atomic mass is 9.88. The Labute approximate surface area is 191 Å². The number of nitrogens with zero attached hydrogens (tertiary/aromatic N) is 2. The first-order chi connectivity index (χ1) is 15.6. The summed E-state index contributed by atoms with van der Waals surface area (Å²) in [6.07, 6.45) is 6.66. The van der Waals surface area contributed by atoms with Crippen molar-refractivity contribution in [1.82, 2.24) is 15.5 Å². The van der Waals surface area contributed by atoms with E-state index in [2.05, 4.69) is 10.6 Å². The van der Waals surface area contributed by atoms with E-state index in [0.29, 0.717) is 29.7 Å². The molecule has 2 fully saturated rings. The van der Waals surface area contributed by atoms with Crippen LogP contribution in [-0.4, -0.2) is 63.8 Å². The van der Waals surface area contributed by atoms with Crippen LogP contribution in [0, 0.1) is 5.92 Å². The van der Waals surface area contributed by atoms with E-state index in [9.17, 15) is 4.79 Å². The predicted molar refractivity (Wildman–Crippen MR) is 126 cm³/mol. The van der Waals surface area contributed by atoms with Gasteiger partial charge in [0, 0.05) is 37.2 Å². The zero-order valence-electron chi connectivity index (χ0n) is 19.9. The molecule has 1 amide bonds. The van der Waals surface area contributed by atoms with E-state index >= 15 is 0 Å². The van der Waals surface area contributed by atoms with Gasteiger partial charge in [0.1, 0.15) is 0 Å². The highest BCUT2D eigenvalue weighted by molar-refractivity contribution is 5.81. The van der Waals surface area contributed by atoms with Crippen LogP contribution in [-0.2, 0) is 11.3 Å². The first-order valence-corrected chi connectivity index (χ1v) is 11.7. The number of methoxy groups -OCH3 is 3. The van der Waals surface area contributed by atoms with Crippen molar-refractivity contribution in [3.63, 3.8) is 0 Å². The minimum atomic E-state index is 0.202. The second-order valence-corrected chi connectivity index (χ2v) is 8.44. The minimum Gasteiger partial charge on any atom is -0.493 e. The Morgan fingerprint density at radius 2 is 1.81 bits per heavy atom. The van der Waals surface area contributed by atoms with Gasteiger partial charge in [0.25, 0.3) is 0 Å². The number of hydrogen-bond acceptors (Lipinski definition) is 5. The number of nitrogens with one attached hydrogen (secondary N) is 2. The highest BCUT2D eigenvalue weighted by atomic mass is 16.5. The fraction of sp³-hybridized carbons (Fsp3) is 0.667. The molecule has 1 heterocycles. The normalized spacial score (nSPS) is 19.6. The third kappa shape index (κ3) is 5.78. The quantitative estimate of drug-likeness (QED) is 0.472. The maximum atomic E-state index is 12.9. The van der Waals surface area contributed by atoms with Crippen LogP contribution in [0.1, 0.15) is 51.0 Å². The van der Waals surface area contributed by atoms with Crippen LogP contribution >= 0.6 is 0 Å². The number of guanidine groups is 1. The summed E-state index contributed by atoms with van der Waals surface area (Å²) in [5, 5.41) is 6.83. The van der Waals surface area contributed by atoms with Crippen molar-refractivity contribution in [3.8, 4) is 17.2 Å². The molecule has 178 valence electrons. The van der Waals surface area contributed by atoms with Crippen LogP contribution in [0.3, 0.4) is 0 Å². The molecule has 3 rings (SSSR count). The van der Waals surface area contributed by atoms with Crippen molar-refractivity contribution in [3.05, 3.63) is 17.7 Å². The van der Waals surface area contributed by atoms with Crippen LogP contribution < -0.4 is 24.8 Å². The summed E-state index contributed by atoms with van der Waals surface area (Å²) >= 11 is 0. The van der Waals surface area contributed by atoms with E-state index in [4.69, 9.17) is 19.2 Å². The number of hydrogen-bond donors (Lipinski definition) is 2. The molecular weight excluding hydrogens is 408 g/mol. The number of ether oxygens (including phenoxy) is 3. The first-order valence-electron chi connectivity index (χ1n) is 11.7. The summed E-state index contributed by atoms with van der Waals surface area (Å²) in [5.41, 5.74) is 0.905. The van der Waals surface area contributed by atoms with E-state index in [-0.39, 0.29) is 12.0 Å². The molecule has 8 heteroatoms. The molecule has 32 heavy (non-hydrogen) atoms. The van der Waals surface area contributed by atoms with Crippen molar-refractivity contribution in [2.75, 3.05) is 41.0 Å². The first kappa shape index (κ1) is 24.0. The van der Waals surface area contributed by atoms with Gasteiger partial charge in [0.05, 0.1) is 27.9 Å². The topological polar surface area (TPSA) is 84.4 Å². The molecule has 1 atom stereocenters. The molecule has 1 saturated heterocycles. The SMILES string of the molecule is CCNC(=NCc1ccc(OC)c(OC)c1OC)NC1CCN(C(=O)C2CCCCC2)C1. The maximum absolute atomic E-state index is 12.9. The number of amides is 1. The lowest BCUT2D eigenvalue weighted by Crippen LogP contribution is -2.45. The average molecular weight is 447 g/mol. The Bertz CT molecular complexity index is 792. The van der Waals surface area contributed by atoms with Crippen LogP contribution in [0.15, 0.2) is 17.1 Å². The van der Waals surface area contributed by atoms with Gasteiger partial charge >= 0.3 is 0 Å². The molecule has 0 bridgehead atoms. The number of benzene rings is 1. The zero-order valence-corrected chi connectivity index (χ0v) is 19.9. The summed E-state index contributed by atoms with van der Waals surface area (Å²) in [6.45, 7) is 4.78. The molecule has 1 unspecified atom stereocenters. The summed E-state index contributed by atoms with van der Waals surface area (Å²) in [7, 11) is 4.82. The van der Waals surface area contributed by atoms with E-state index in [1.54, 1.807) is 21.3 Å². The largest absolute Gasteiger partial charge is 0.493 e. The molecule has 0 spiro atoms. The van der Waals surface area contributed by atoms with E-state index in [0.717, 1.165) is 50.4 Å². The highest BCUT2D eigenvalue weighted by Gasteiger charge is 2.31. The molecule has 1 aromatic carbocycles. The maximum Gasteiger partial charge on any atom is 0.225 e. The van der Waals surface area contributed by atoms with Crippen LogP contribution in [0.25, 0.3) is 0 Å². The molecule has 1 aliphatic carbocycles. The molecule has 2 aliphatic rings. The van der Waals surface area contributed by atoms with Gasteiger partial charge in [-0.15, -0.1) is 0 Å². The van der Waals surface area contributed by atoms with Gasteiger partial charge in [-0.2, -0.15) is 0 Å². The molecule has 1 saturated carbocycles. The van der Waals surface area contributed by atoms with Crippen molar-refractivity contribution in [2.24, 2.45) is 10.9 Å². The van der Waals surface area contributed by atoms with Crippen LogP contribution in [0.2, 0.25) is 0 Å². The number of aliphatic imine (C=N–C) groups is 1. The van der Waals surface area contributed by atoms with Gasteiger partial charge in [-0.25, -0.2) is 4.99 Å². The highest BCUT2D eigenvalue weighted by Crippen LogP contribution is 2.40. The Morgan fingerprint density at radius 1 is 1.06 bits per heavy atom. The third-order valence-electron chi connectivity index (χ3n) is 6.33. The van der Waals surface area contributed by atoms with Gasteiger partial charge in [-0.1, -0.05) is 19.3 Å². The number of carbonyl (C=O) groups excluding carboxylic acids is 1. The number of likely N-dealkylation sites (tertiary alicyclic amines) is 1. The van der Waals surface area contributed by atoms with Crippen molar-refractivity contribution < 1.29 is 19.0 Å². The summed E-state index contributed by atoms with van der Waals surface area (Å²) in [5.74, 6) is 3.11. The molecule has 0 radical (unpaired) electrons. The van der Waals surface area contributed by atoms with Gasteiger partial charge in [0.2, 0.25) is 11.7 Å². The van der Waals surface area contributed by atoms with Gasteiger partial charge in [-0.05, 0) is 38.3 Å². The second kappa shape index (κ2) is 11.8. The monoisotopic (exact) mass is 446 g/mol. The molecule has 0 aromatic heterocycles. The number of rotatable bonds is 8. The molecule has 2 N–H and O–H groups in total. The van der Waals surface area contributed by atoms with Crippen LogP contribution in [0.5, 0.6) is 17.2 Å². The van der Waals surface area contributed by atoms with Gasteiger partial charge < -0.3 is 29.7 Å². The van der Waals surface area contributed by atoms with Crippen molar-refractivity contribution in [2.45, 2.75) is 58.0 Å². The van der Waals surface area contributed by atoms with Crippen molar-refractivity contribution >= 4 is 11.9 Å². The Balaban J connectivity index is 1.64. The van der Waals surface area contributed by atoms with E-state index < -0.39 is 0 Å². The summed E-state index contributed by atoms with van der Waals surface area (Å²) < 4.78 is 16.4. The summed E-state index contributed by atoms with van der Waals surface area (Å²) in [4.78, 5) is 19.7. The average Bonchev–Trinajstić information content (AvgIpc) is 3.30. The fourth-order valence-electron chi connectivity index (χ4n) is 4.65. The Hall–Kier alpha value is -2.64. The second-order valence-electron chi connectivity index (χ2n) is 8.44. The molecule has 1 aromatic rings. The predicted octanol–water partition coefficient (Wildman–Crippen LogP) is 2.95. The van der Waals surface area contributed by atoms with Crippen LogP contribution in [0.4, 0.5) is 0 Å². The standard InChI is InChI=1S/C24H38N4O4/c1-5-25-24(26-15-18-11-12-20(30-2)22(32-4)21(18)31-3)27-19-13-14-28(16-19)23(29)17-9-7-6-8-10-17/h11-12,17,19H,5-10,13-16H2,1-4H3,(H2,25,26,27). The van der Waals surface area contributed by atoms with Crippen molar-refractivity contribution in [1.29, 1.82) is 0 Å². The molecular formula is C24H38N4O4. The smallest absolute Gasteiger partial charge is 0.225 e. The number of carbonyl (C=O) groups is 1. The van der Waals surface area contributed by atoms with E-state index in [1.807, 2.05) is 24.0 Å². The zero-order chi connectivity index (χ0) is 22.9. The van der Waals surface area contributed by atoms with E-state index in [1.165, 1.54) is 19.3 Å². The fourth-order valence-corrected chi connectivity index (χ4v) is 4.65.